The van der Waals surface area contributed by atoms with Crippen LogP contribution in [0.15, 0.2) is 29.1 Å². The second-order valence-corrected chi connectivity index (χ2v) is 2.42. The first-order valence-corrected chi connectivity index (χ1v) is 3.45. The highest BCUT2D eigenvalue weighted by atomic mass is 35.5. The van der Waals surface area contributed by atoms with E-state index in [-0.39, 0.29) is 5.43 Å². The molecular formula is C8H7ClO2. The summed E-state index contributed by atoms with van der Waals surface area (Å²) >= 11 is 5.60. The van der Waals surface area contributed by atoms with Crippen molar-refractivity contribution in [2.75, 3.05) is 7.11 Å². The molecule has 0 bridgehead atoms. The van der Waals surface area contributed by atoms with Crippen molar-refractivity contribution in [1.82, 2.24) is 0 Å². The molecule has 1 rings (SSSR count). The van der Waals surface area contributed by atoms with Crippen LogP contribution < -0.4 is 10.2 Å². The molecular weight excluding hydrogens is 164 g/mol. The minimum Gasteiger partial charge on any atom is -0.493 e. The molecule has 0 N–H and O–H groups in total. The van der Waals surface area contributed by atoms with Gasteiger partial charge in [0, 0.05) is 11.1 Å². The topological polar surface area (TPSA) is 26.3 Å². The smallest absolute Gasteiger partial charge is 0.221 e. The van der Waals surface area contributed by atoms with Gasteiger partial charge in [0.05, 0.1) is 7.11 Å². The lowest BCUT2D eigenvalue weighted by atomic mass is 10.5. The van der Waals surface area contributed by atoms with Gasteiger partial charge < -0.3 is 4.74 Å². The summed E-state index contributed by atoms with van der Waals surface area (Å²) < 4.78 is 4.79. The second-order valence-electron chi connectivity index (χ2n) is 1.99. The van der Waals surface area contributed by atoms with Crippen molar-refractivity contribution in [2.45, 2.75) is 0 Å². The van der Waals surface area contributed by atoms with Crippen molar-refractivity contribution in [2.24, 2.45) is 0 Å². The zero-order valence-corrected chi connectivity index (χ0v) is 6.76. The van der Waals surface area contributed by atoms with E-state index in [0.29, 0.717) is 10.8 Å². The zero-order chi connectivity index (χ0) is 8.27. The number of methoxy groups -OCH3 is 1. The Labute approximate surface area is 69.4 Å². The molecule has 0 spiro atoms. The van der Waals surface area contributed by atoms with Gasteiger partial charge in [-0.05, 0) is 12.1 Å². The summed E-state index contributed by atoms with van der Waals surface area (Å²) in [4.78, 5) is 11.1. The van der Waals surface area contributed by atoms with Gasteiger partial charge in [0.1, 0.15) is 0 Å². The Morgan fingerprint density at radius 2 is 2.18 bits per heavy atom. The van der Waals surface area contributed by atoms with Crippen LogP contribution in [-0.2, 0) is 0 Å². The molecule has 1 aromatic rings. The fourth-order valence-corrected chi connectivity index (χ4v) is 0.895. The second kappa shape index (κ2) is 3.39. The van der Waals surface area contributed by atoms with Crippen molar-refractivity contribution < 1.29 is 4.74 Å². The highest BCUT2D eigenvalue weighted by Gasteiger charge is 1.94. The molecule has 3 heteroatoms. The third kappa shape index (κ3) is 1.95. The molecule has 0 aliphatic carbocycles. The molecule has 0 amide bonds. The minimum absolute atomic E-state index is 0.206. The lowest BCUT2D eigenvalue weighted by molar-refractivity contribution is 0.411. The summed E-state index contributed by atoms with van der Waals surface area (Å²) in [5.41, 5.74) is -0.206. The Kier molecular flexibility index (Phi) is 2.49. The molecule has 0 heterocycles. The third-order valence-electron chi connectivity index (χ3n) is 1.23. The highest BCUT2D eigenvalue weighted by Crippen LogP contribution is 2.06. The number of hydrogen-bond acceptors (Lipinski definition) is 2. The van der Waals surface area contributed by atoms with Crippen molar-refractivity contribution in [3.8, 4) is 5.75 Å². The quantitative estimate of drug-likeness (QED) is 0.642. The predicted molar refractivity (Wildman–Crippen MR) is 44.3 cm³/mol. The van der Waals surface area contributed by atoms with E-state index in [0.717, 1.165) is 0 Å². The molecule has 0 aromatic heterocycles. The minimum atomic E-state index is -0.206. The molecule has 0 saturated carbocycles. The van der Waals surface area contributed by atoms with E-state index in [1.807, 2.05) is 0 Å². The van der Waals surface area contributed by atoms with E-state index in [2.05, 4.69) is 0 Å². The van der Waals surface area contributed by atoms with E-state index in [9.17, 15) is 4.79 Å². The van der Waals surface area contributed by atoms with E-state index in [1.54, 1.807) is 18.2 Å². The van der Waals surface area contributed by atoms with Gasteiger partial charge in [-0.25, -0.2) is 0 Å². The van der Waals surface area contributed by atoms with Crippen LogP contribution in [0.2, 0.25) is 5.02 Å². The SMILES string of the molecule is COc1cccc(Cl)cc1=O. The number of ether oxygens (including phenoxy) is 1. The van der Waals surface area contributed by atoms with E-state index in [1.165, 1.54) is 13.2 Å². The van der Waals surface area contributed by atoms with Gasteiger partial charge in [-0.3, -0.25) is 4.79 Å². The van der Waals surface area contributed by atoms with Gasteiger partial charge in [0.15, 0.2) is 5.75 Å². The fourth-order valence-electron chi connectivity index (χ4n) is 0.723. The van der Waals surface area contributed by atoms with Crippen molar-refractivity contribution in [3.63, 3.8) is 0 Å². The van der Waals surface area contributed by atoms with Gasteiger partial charge in [0.2, 0.25) is 5.43 Å². The number of rotatable bonds is 1. The van der Waals surface area contributed by atoms with Crippen LogP contribution in [0.25, 0.3) is 0 Å². The van der Waals surface area contributed by atoms with Crippen LogP contribution in [0.5, 0.6) is 5.75 Å². The van der Waals surface area contributed by atoms with E-state index in [4.69, 9.17) is 16.3 Å². The molecule has 11 heavy (non-hydrogen) atoms. The third-order valence-corrected chi connectivity index (χ3v) is 1.47. The summed E-state index contributed by atoms with van der Waals surface area (Å²) in [7, 11) is 1.45. The normalized spacial score (nSPS) is 9.27. The first-order chi connectivity index (χ1) is 5.24. The Morgan fingerprint density at radius 1 is 1.45 bits per heavy atom. The summed E-state index contributed by atoms with van der Waals surface area (Å²) in [6, 6.07) is 6.20. The van der Waals surface area contributed by atoms with Crippen LogP contribution in [0.4, 0.5) is 0 Å². The molecule has 0 aliphatic rings. The molecule has 2 nitrogen and oxygen atoms in total. The van der Waals surface area contributed by atoms with Gasteiger partial charge in [-0.15, -0.1) is 0 Å². The standard InChI is InChI=1S/C8H7ClO2/c1-11-8-4-2-3-6(9)5-7(8)10/h2-5H,1H3. The van der Waals surface area contributed by atoms with Crippen molar-refractivity contribution >= 4 is 11.6 Å². The maximum atomic E-state index is 11.1. The first-order valence-electron chi connectivity index (χ1n) is 3.08. The fraction of sp³-hybridized carbons (Fsp3) is 0.125. The van der Waals surface area contributed by atoms with Crippen molar-refractivity contribution in [3.05, 3.63) is 39.5 Å². The van der Waals surface area contributed by atoms with Gasteiger partial charge in [0.25, 0.3) is 0 Å². The summed E-state index contributed by atoms with van der Waals surface area (Å²) in [6.45, 7) is 0. The molecule has 0 atom stereocenters. The molecule has 1 aromatic carbocycles. The maximum Gasteiger partial charge on any atom is 0.221 e. The van der Waals surface area contributed by atoms with Gasteiger partial charge in [-0.1, -0.05) is 17.7 Å². The molecule has 0 aliphatic heterocycles. The lowest BCUT2D eigenvalue weighted by Gasteiger charge is -1.89. The zero-order valence-electron chi connectivity index (χ0n) is 6.00. The summed E-state index contributed by atoms with van der Waals surface area (Å²) in [5.74, 6) is 0.303. The first kappa shape index (κ1) is 8.08. The largest absolute Gasteiger partial charge is 0.493 e. The average molecular weight is 171 g/mol. The van der Waals surface area contributed by atoms with E-state index < -0.39 is 0 Å². The van der Waals surface area contributed by atoms with Crippen molar-refractivity contribution in [1.29, 1.82) is 0 Å². The van der Waals surface area contributed by atoms with Crippen LogP contribution in [0.1, 0.15) is 0 Å². The Balaban J connectivity index is 3.35. The van der Waals surface area contributed by atoms with Crippen LogP contribution in [-0.4, -0.2) is 7.11 Å². The predicted octanol–water partition coefficient (Wildman–Crippen LogP) is 1.71. The summed E-state index contributed by atoms with van der Waals surface area (Å²) in [5, 5.41) is 0.415. The van der Waals surface area contributed by atoms with Crippen LogP contribution >= 0.6 is 11.6 Å². The van der Waals surface area contributed by atoms with Crippen LogP contribution in [0.3, 0.4) is 0 Å². The molecule has 58 valence electrons. The molecule has 0 unspecified atom stereocenters. The van der Waals surface area contributed by atoms with Crippen LogP contribution in [0, 0.1) is 0 Å². The monoisotopic (exact) mass is 170 g/mol. The number of hydrogen-bond donors (Lipinski definition) is 0. The maximum absolute atomic E-state index is 11.1. The number of halogens is 1. The summed E-state index contributed by atoms with van der Waals surface area (Å²) in [6.07, 6.45) is 0. The Hall–Kier alpha value is -1.02. The average Bonchev–Trinajstić information content (AvgIpc) is 2.11. The molecule has 0 saturated heterocycles. The molecule has 0 radical (unpaired) electrons. The molecule has 0 fully saturated rings. The Bertz CT molecular complexity index is 309. The van der Waals surface area contributed by atoms with Gasteiger partial charge >= 0.3 is 0 Å². The highest BCUT2D eigenvalue weighted by molar-refractivity contribution is 6.30. The van der Waals surface area contributed by atoms with Gasteiger partial charge in [-0.2, -0.15) is 0 Å². The Morgan fingerprint density at radius 3 is 2.82 bits per heavy atom. The van der Waals surface area contributed by atoms with E-state index >= 15 is 0 Å². The lowest BCUT2D eigenvalue weighted by Crippen LogP contribution is -1.99.